The van der Waals surface area contributed by atoms with Crippen molar-refractivity contribution in [2.45, 2.75) is 30.7 Å². The molecular weight excluding hydrogens is 384 g/mol. The van der Waals surface area contributed by atoms with Crippen LogP contribution in [0.25, 0.3) is 0 Å². The number of carboxylic acid groups (broad SMARTS) is 1. The Kier molecular flexibility index (Phi) is 5.55. The van der Waals surface area contributed by atoms with Gasteiger partial charge in [-0.25, -0.2) is 13.2 Å². The Hall–Kier alpha value is -3.07. The van der Waals surface area contributed by atoms with Gasteiger partial charge in [-0.15, -0.1) is 0 Å². The van der Waals surface area contributed by atoms with Crippen molar-refractivity contribution < 1.29 is 27.9 Å². The standard InChI is InChI=1S/C19H20N2O6S/c1-2-27-17-9-8-15(11-16(17)19(23)24)28(25,26)21-14-5-3-4-12(10-14)18(22)20-13-6-7-13/h3-5,8-11,13,21H,2,6-7H2,1H3,(H,20,22)(H,23,24). The fraction of sp³-hybridized carbons (Fsp3) is 0.263. The molecule has 3 N–H and O–H groups in total. The predicted octanol–water partition coefficient (Wildman–Crippen LogP) is 2.48. The van der Waals surface area contributed by atoms with Crippen LogP contribution >= 0.6 is 0 Å². The molecule has 0 aliphatic heterocycles. The molecule has 0 unspecified atom stereocenters. The summed E-state index contributed by atoms with van der Waals surface area (Å²) in [6.07, 6.45) is 1.89. The molecule has 0 aromatic heterocycles. The number of carbonyl (C=O) groups excluding carboxylic acids is 1. The molecule has 1 aliphatic carbocycles. The van der Waals surface area contributed by atoms with Gasteiger partial charge in [0.15, 0.2) is 0 Å². The van der Waals surface area contributed by atoms with Gasteiger partial charge in [0.05, 0.1) is 11.5 Å². The van der Waals surface area contributed by atoms with Crippen molar-refractivity contribution in [2.75, 3.05) is 11.3 Å². The molecular formula is C19H20N2O6S. The second-order valence-corrected chi connectivity index (χ2v) is 8.01. The van der Waals surface area contributed by atoms with Gasteiger partial charge in [0.25, 0.3) is 15.9 Å². The molecule has 8 nitrogen and oxygen atoms in total. The Labute approximate surface area is 162 Å². The van der Waals surface area contributed by atoms with E-state index in [1.165, 1.54) is 24.3 Å². The first-order valence-corrected chi connectivity index (χ1v) is 10.2. The van der Waals surface area contributed by atoms with Gasteiger partial charge in [-0.3, -0.25) is 9.52 Å². The minimum Gasteiger partial charge on any atom is -0.493 e. The summed E-state index contributed by atoms with van der Waals surface area (Å²) in [5.74, 6) is -1.47. The van der Waals surface area contributed by atoms with Crippen molar-refractivity contribution in [1.29, 1.82) is 0 Å². The van der Waals surface area contributed by atoms with Crippen molar-refractivity contribution >= 4 is 27.6 Å². The number of rotatable bonds is 8. The Morgan fingerprint density at radius 1 is 1.18 bits per heavy atom. The van der Waals surface area contributed by atoms with Crippen LogP contribution in [0.1, 0.15) is 40.5 Å². The van der Waals surface area contributed by atoms with Crippen molar-refractivity contribution in [1.82, 2.24) is 5.32 Å². The van der Waals surface area contributed by atoms with E-state index in [-0.39, 0.29) is 40.5 Å². The second-order valence-electron chi connectivity index (χ2n) is 6.33. The minimum absolute atomic E-state index is 0.0905. The van der Waals surface area contributed by atoms with Crippen LogP contribution in [0.15, 0.2) is 47.4 Å². The largest absolute Gasteiger partial charge is 0.493 e. The Morgan fingerprint density at radius 2 is 1.93 bits per heavy atom. The zero-order chi connectivity index (χ0) is 20.3. The molecule has 0 radical (unpaired) electrons. The number of anilines is 1. The molecule has 0 heterocycles. The molecule has 28 heavy (non-hydrogen) atoms. The molecule has 0 saturated heterocycles. The fourth-order valence-electron chi connectivity index (χ4n) is 2.56. The monoisotopic (exact) mass is 404 g/mol. The van der Waals surface area contributed by atoms with Crippen LogP contribution in [-0.2, 0) is 10.0 Å². The number of nitrogens with one attached hydrogen (secondary N) is 2. The van der Waals surface area contributed by atoms with Crippen molar-refractivity contribution in [2.24, 2.45) is 0 Å². The lowest BCUT2D eigenvalue weighted by Gasteiger charge is -2.12. The summed E-state index contributed by atoms with van der Waals surface area (Å²) in [6.45, 7) is 1.95. The van der Waals surface area contributed by atoms with Gasteiger partial charge in [0, 0.05) is 17.3 Å². The SMILES string of the molecule is CCOc1ccc(S(=O)(=O)Nc2cccc(C(=O)NC3CC3)c2)cc1C(=O)O. The molecule has 1 aliphatic rings. The summed E-state index contributed by atoms with van der Waals surface area (Å²) in [5, 5.41) is 12.1. The molecule has 2 aromatic carbocycles. The molecule has 0 spiro atoms. The number of ether oxygens (including phenoxy) is 1. The van der Waals surface area contributed by atoms with E-state index in [9.17, 15) is 23.1 Å². The minimum atomic E-state index is -4.05. The summed E-state index contributed by atoms with van der Waals surface area (Å²) in [7, 11) is -4.05. The van der Waals surface area contributed by atoms with Gasteiger partial charge in [-0.1, -0.05) is 6.07 Å². The Bertz CT molecular complexity index is 1010. The fourth-order valence-corrected chi connectivity index (χ4v) is 3.63. The van der Waals surface area contributed by atoms with Gasteiger partial charge in [0.1, 0.15) is 11.3 Å². The highest BCUT2D eigenvalue weighted by Gasteiger charge is 2.24. The Balaban J connectivity index is 1.84. The first-order valence-electron chi connectivity index (χ1n) is 8.74. The highest BCUT2D eigenvalue weighted by Crippen LogP contribution is 2.25. The van der Waals surface area contributed by atoms with E-state index >= 15 is 0 Å². The lowest BCUT2D eigenvalue weighted by molar-refractivity contribution is 0.0692. The normalized spacial score (nSPS) is 13.6. The zero-order valence-electron chi connectivity index (χ0n) is 15.1. The topological polar surface area (TPSA) is 122 Å². The van der Waals surface area contributed by atoms with Crippen LogP contribution in [0, 0.1) is 0 Å². The number of carboxylic acids is 1. The van der Waals surface area contributed by atoms with Gasteiger partial charge >= 0.3 is 5.97 Å². The van der Waals surface area contributed by atoms with Gasteiger partial charge in [-0.2, -0.15) is 0 Å². The van der Waals surface area contributed by atoms with Gasteiger partial charge in [-0.05, 0) is 56.2 Å². The lowest BCUT2D eigenvalue weighted by atomic mass is 10.2. The number of sulfonamides is 1. The number of aromatic carboxylic acids is 1. The zero-order valence-corrected chi connectivity index (χ0v) is 16.0. The van der Waals surface area contributed by atoms with Crippen molar-refractivity contribution in [3.63, 3.8) is 0 Å². The maximum Gasteiger partial charge on any atom is 0.339 e. The van der Waals surface area contributed by atoms with E-state index in [2.05, 4.69) is 10.0 Å². The molecule has 1 saturated carbocycles. The number of amides is 1. The number of carbonyl (C=O) groups is 2. The summed E-state index contributed by atoms with van der Waals surface area (Å²) in [5.41, 5.74) is 0.293. The first-order chi connectivity index (χ1) is 13.3. The molecule has 1 fully saturated rings. The molecule has 0 bridgehead atoms. The summed E-state index contributed by atoms with van der Waals surface area (Å²) < 4.78 is 32.9. The van der Waals surface area contributed by atoms with E-state index in [0.29, 0.717) is 5.56 Å². The maximum atomic E-state index is 12.7. The maximum absolute atomic E-state index is 12.7. The summed E-state index contributed by atoms with van der Waals surface area (Å²) in [4.78, 5) is 23.3. The van der Waals surface area contributed by atoms with Crippen molar-refractivity contribution in [3.8, 4) is 5.75 Å². The average Bonchev–Trinajstić information content (AvgIpc) is 3.46. The molecule has 9 heteroatoms. The van der Waals surface area contributed by atoms with E-state index in [0.717, 1.165) is 18.9 Å². The molecule has 148 valence electrons. The van der Waals surface area contributed by atoms with Crippen LogP contribution in [-0.4, -0.2) is 38.0 Å². The molecule has 1 amide bonds. The van der Waals surface area contributed by atoms with E-state index in [1.54, 1.807) is 19.1 Å². The van der Waals surface area contributed by atoms with Crippen LogP contribution in [0.5, 0.6) is 5.75 Å². The van der Waals surface area contributed by atoms with Gasteiger partial charge < -0.3 is 15.2 Å². The molecule has 0 atom stereocenters. The average molecular weight is 404 g/mol. The quantitative estimate of drug-likeness (QED) is 0.621. The predicted molar refractivity (Wildman–Crippen MR) is 102 cm³/mol. The lowest BCUT2D eigenvalue weighted by Crippen LogP contribution is -2.25. The van der Waals surface area contributed by atoms with Gasteiger partial charge in [0.2, 0.25) is 0 Å². The summed E-state index contributed by atoms with van der Waals surface area (Å²) >= 11 is 0. The van der Waals surface area contributed by atoms with E-state index in [4.69, 9.17) is 4.74 Å². The highest BCUT2D eigenvalue weighted by molar-refractivity contribution is 7.92. The number of hydrogen-bond acceptors (Lipinski definition) is 5. The highest BCUT2D eigenvalue weighted by atomic mass is 32.2. The second kappa shape index (κ2) is 7.89. The van der Waals surface area contributed by atoms with Crippen LogP contribution in [0.4, 0.5) is 5.69 Å². The van der Waals surface area contributed by atoms with Crippen LogP contribution in [0.2, 0.25) is 0 Å². The number of benzene rings is 2. The van der Waals surface area contributed by atoms with Crippen LogP contribution in [0.3, 0.4) is 0 Å². The third-order valence-corrected chi connectivity index (χ3v) is 5.46. The van der Waals surface area contributed by atoms with Crippen LogP contribution < -0.4 is 14.8 Å². The summed E-state index contributed by atoms with van der Waals surface area (Å²) in [6, 6.07) is 9.91. The smallest absolute Gasteiger partial charge is 0.339 e. The van der Waals surface area contributed by atoms with Crippen molar-refractivity contribution in [3.05, 3.63) is 53.6 Å². The number of hydrogen-bond donors (Lipinski definition) is 3. The first kappa shape index (κ1) is 19.7. The molecule has 3 rings (SSSR count). The Morgan fingerprint density at radius 3 is 2.57 bits per heavy atom. The third kappa shape index (κ3) is 4.61. The van der Waals surface area contributed by atoms with E-state index < -0.39 is 16.0 Å². The third-order valence-electron chi connectivity index (χ3n) is 4.08. The molecule has 2 aromatic rings. The van der Waals surface area contributed by atoms with E-state index in [1.807, 2.05) is 0 Å².